The summed E-state index contributed by atoms with van der Waals surface area (Å²) < 4.78 is 22.2. The maximum atomic E-state index is 12.2. The van der Waals surface area contributed by atoms with Crippen LogP contribution in [0.1, 0.15) is 42.6 Å². The van der Waals surface area contributed by atoms with Crippen molar-refractivity contribution in [3.05, 3.63) is 35.4 Å². The normalized spacial score (nSPS) is 12.0. The van der Waals surface area contributed by atoms with E-state index in [9.17, 15) is 18.0 Å². The molecule has 0 spiro atoms. The lowest BCUT2D eigenvalue weighted by molar-refractivity contribution is -0.137. The van der Waals surface area contributed by atoms with Crippen LogP contribution in [-0.4, -0.2) is 30.9 Å². The topological polar surface area (TPSA) is 127 Å². The van der Waals surface area contributed by atoms with Crippen LogP contribution in [0.2, 0.25) is 0 Å². The molecule has 1 rings (SSSR count). The first-order chi connectivity index (χ1) is 9.98. The summed E-state index contributed by atoms with van der Waals surface area (Å²) in [5.74, 6) is -1.68. The number of hydrogen-bond acceptors (Lipinski definition) is 4. The van der Waals surface area contributed by atoms with E-state index in [1.807, 2.05) is 0 Å². The van der Waals surface area contributed by atoms with Gasteiger partial charge in [-0.2, -0.15) is 0 Å². The van der Waals surface area contributed by atoms with E-state index in [1.54, 1.807) is 32.0 Å². The van der Waals surface area contributed by atoms with E-state index in [1.165, 1.54) is 6.07 Å². The number of nitrogens with one attached hydrogen (secondary N) is 1. The predicted molar refractivity (Wildman–Crippen MR) is 81.7 cm³/mol. The van der Waals surface area contributed by atoms with Crippen LogP contribution < -0.4 is 10.5 Å². The monoisotopic (exact) mass is 328 g/mol. The van der Waals surface area contributed by atoms with Gasteiger partial charge in [0.1, 0.15) is 0 Å². The molecule has 8 heteroatoms. The van der Waals surface area contributed by atoms with E-state index in [-0.39, 0.29) is 18.6 Å². The smallest absolute Gasteiger partial charge is 0.303 e. The number of benzene rings is 1. The van der Waals surface area contributed by atoms with Crippen molar-refractivity contribution in [3.63, 3.8) is 0 Å². The Kier molecular flexibility index (Phi) is 5.67. The third-order valence-corrected chi connectivity index (χ3v) is 3.71. The van der Waals surface area contributed by atoms with E-state index in [2.05, 4.69) is 5.32 Å². The molecular formula is C14H20N2O5S. The maximum Gasteiger partial charge on any atom is 0.303 e. The molecule has 0 heterocycles. The second-order valence-electron chi connectivity index (χ2n) is 5.74. The van der Waals surface area contributed by atoms with Gasteiger partial charge in [0.15, 0.2) is 0 Å². The molecule has 1 aromatic carbocycles. The minimum atomic E-state index is -3.67. The van der Waals surface area contributed by atoms with Crippen molar-refractivity contribution in [2.24, 2.45) is 5.14 Å². The van der Waals surface area contributed by atoms with Crippen molar-refractivity contribution < 1.29 is 23.1 Å². The third kappa shape index (κ3) is 6.68. The molecule has 0 bridgehead atoms. The number of carboxylic acids is 1. The zero-order chi connectivity index (χ0) is 17.0. The number of nitrogens with two attached hydrogens (primary N) is 1. The van der Waals surface area contributed by atoms with Crippen LogP contribution in [0.3, 0.4) is 0 Å². The molecule has 22 heavy (non-hydrogen) atoms. The fourth-order valence-electron chi connectivity index (χ4n) is 1.90. The maximum absolute atomic E-state index is 12.2. The average molecular weight is 328 g/mol. The number of rotatable bonds is 7. The number of sulfonamides is 1. The zero-order valence-corrected chi connectivity index (χ0v) is 13.3. The van der Waals surface area contributed by atoms with E-state index in [4.69, 9.17) is 10.2 Å². The van der Waals surface area contributed by atoms with E-state index in [0.717, 1.165) is 0 Å². The summed E-state index contributed by atoms with van der Waals surface area (Å²) in [7, 11) is -3.67. The summed E-state index contributed by atoms with van der Waals surface area (Å²) in [4.78, 5) is 22.8. The van der Waals surface area contributed by atoms with Gasteiger partial charge in [-0.05, 0) is 38.0 Å². The van der Waals surface area contributed by atoms with Crippen LogP contribution in [0.4, 0.5) is 0 Å². The Bertz CT molecular complexity index is 668. The highest BCUT2D eigenvalue weighted by Crippen LogP contribution is 2.14. The molecule has 0 aliphatic heterocycles. The number of hydrogen-bond donors (Lipinski definition) is 3. The van der Waals surface area contributed by atoms with Crippen molar-refractivity contribution in [1.82, 2.24) is 5.32 Å². The quantitative estimate of drug-likeness (QED) is 0.684. The summed E-state index contributed by atoms with van der Waals surface area (Å²) in [6, 6.07) is 6.14. The lowest BCUT2D eigenvalue weighted by atomic mass is 9.97. The second kappa shape index (κ2) is 6.89. The largest absolute Gasteiger partial charge is 0.481 e. The molecular weight excluding hydrogens is 308 g/mol. The number of carbonyl (C=O) groups excluding carboxylic acids is 1. The molecule has 122 valence electrons. The fourth-order valence-corrected chi connectivity index (χ4v) is 2.54. The van der Waals surface area contributed by atoms with Gasteiger partial charge >= 0.3 is 5.97 Å². The molecule has 0 aliphatic rings. The summed E-state index contributed by atoms with van der Waals surface area (Å²) in [6.07, 6.45) is 0.226. The predicted octanol–water partition coefficient (Wildman–Crippen LogP) is 0.848. The molecule has 1 aromatic rings. The van der Waals surface area contributed by atoms with Gasteiger partial charge in [0.25, 0.3) is 5.91 Å². The molecule has 0 fully saturated rings. The van der Waals surface area contributed by atoms with Crippen LogP contribution in [0.15, 0.2) is 24.3 Å². The molecule has 0 saturated heterocycles. The number of carboxylic acid groups (broad SMARTS) is 1. The summed E-state index contributed by atoms with van der Waals surface area (Å²) in [5.41, 5.74) is 0.0221. The van der Waals surface area contributed by atoms with E-state index in [0.29, 0.717) is 11.1 Å². The van der Waals surface area contributed by atoms with Gasteiger partial charge in [-0.25, -0.2) is 13.6 Å². The Hall–Kier alpha value is -1.93. The Morgan fingerprint density at radius 2 is 1.95 bits per heavy atom. The summed E-state index contributed by atoms with van der Waals surface area (Å²) in [5, 5.41) is 16.4. The number of amides is 1. The summed E-state index contributed by atoms with van der Waals surface area (Å²) >= 11 is 0. The van der Waals surface area contributed by atoms with Gasteiger partial charge in [0, 0.05) is 17.5 Å². The van der Waals surface area contributed by atoms with Crippen LogP contribution in [0.5, 0.6) is 0 Å². The van der Waals surface area contributed by atoms with Crippen LogP contribution in [0, 0.1) is 0 Å². The van der Waals surface area contributed by atoms with Gasteiger partial charge in [0.2, 0.25) is 10.0 Å². The van der Waals surface area contributed by atoms with Crippen LogP contribution >= 0.6 is 0 Å². The van der Waals surface area contributed by atoms with Gasteiger partial charge in [-0.1, -0.05) is 12.1 Å². The highest BCUT2D eigenvalue weighted by atomic mass is 32.2. The third-order valence-electron chi connectivity index (χ3n) is 2.97. The van der Waals surface area contributed by atoms with Crippen LogP contribution in [-0.2, 0) is 20.6 Å². The SMILES string of the molecule is CC(C)(CCC(=O)O)NC(=O)c1cccc(CS(N)(=O)=O)c1. The molecule has 4 N–H and O–H groups in total. The van der Waals surface area contributed by atoms with E-state index >= 15 is 0 Å². The number of carbonyl (C=O) groups is 2. The molecule has 7 nitrogen and oxygen atoms in total. The standard InChI is InChI=1S/C14H20N2O5S/c1-14(2,7-6-12(17)18)16-13(19)11-5-3-4-10(8-11)9-22(15,20)21/h3-5,8H,6-7,9H2,1-2H3,(H,16,19)(H,17,18)(H2,15,20,21). The lowest BCUT2D eigenvalue weighted by Gasteiger charge is -2.25. The van der Waals surface area contributed by atoms with Crippen molar-refractivity contribution in [3.8, 4) is 0 Å². The number of aliphatic carboxylic acids is 1. The first-order valence-corrected chi connectivity index (χ1v) is 8.34. The van der Waals surface area contributed by atoms with Crippen molar-refractivity contribution in [1.29, 1.82) is 0 Å². The molecule has 0 radical (unpaired) electrons. The molecule has 1 amide bonds. The van der Waals surface area contributed by atoms with Gasteiger partial charge in [0.05, 0.1) is 5.75 Å². The highest BCUT2D eigenvalue weighted by molar-refractivity contribution is 7.88. The molecule has 0 saturated carbocycles. The van der Waals surface area contributed by atoms with E-state index < -0.39 is 27.4 Å². The minimum absolute atomic E-state index is 0.0568. The molecule has 0 aromatic heterocycles. The minimum Gasteiger partial charge on any atom is -0.481 e. The molecule has 0 unspecified atom stereocenters. The Morgan fingerprint density at radius 1 is 1.32 bits per heavy atom. The zero-order valence-electron chi connectivity index (χ0n) is 12.5. The molecule has 0 aliphatic carbocycles. The van der Waals surface area contributed by atoms with Gasteiger partial charge < -0.3 is 10.4 Å². The average Bonchev–Trinajstić information content (AvgIpc) is 2.34. The molecule has 0 atom stereocenters. The fraction of sp³-hybridized carbons (Fsp3) is 0.429. The first-order valence-electron chi connectivity index (χ1n) is 6.62. The Balaban J connectivity index is 2.81. The highest BCUT2D eigenvalue weighted by Gasteiger charge is 2.22. The van der Waals surface area contributed by atoms with Crippen LogP contribution in [0.25, 0.3) is 0 Å². The first kappa shape index (κ1) is 18.1. The Morgan fingerprint density at radius 3 is 2.50 bits per heavy atom. The number of primary sulfonamides is 1. The van der Waals surface area contributed by atoms with Crippen molar-refractivity contribution in [2.45, 2.75) is 38.0 Å². The summed E-state index contributed by atoms with van der Waals surface area (Å²) in [6.45, 7) is 3.45. The van der Waals surface area contributed by atoms with Crippen molar-refractivity contribution >= 4 is 21.9 Å². The second-order valence-corrected chi connectivity index (χ2v) is 7.35. The van der Waals surface area contributed by atoms with Gasteiger partial charge in [-0.15, -0.1) is 0 Å². The van der Waals surface area contributed by atoms with Crippen molar-refractivity contribution in [2.75, 3.05) is 0 Å². The Labute approximate surface area is 129 Å². The van der Waals surface area contributed by atoms with Gasteiger partial charge in [-0.3, -0.25) is 9.59 Å². The lowest BCUT2D eigenvalue weighted by Crippen LogP contribution is -2.43.